The van der Waals surface area contributed by atoms with Crippen molar-refractivity contribution in [3.63, 3.8) is 0 Å². The van der Waals surface area contributed by atoms with Crippen molar-refractivity contribution in [3.8, 4) is 28.5 Å². The number of aromatic nitrogens is 3. The van der Waals surface area contributed by atoms with E-state index < -0.39 is 28.6 Å². The molecule has 38 heavy (non-hydrogen) atoms. The second-order valence-corrected chi connectivity index (χ2v) is 10.3. The van der Waals surface area contributed by atoms with Gasteiger partial charge < -0.3 is 20.2 Å². The van der Waals surface area contributed by atoms with Crippen molar-refractivity contribution >= 4 is 5.91 Å². The van der Waals surface area contributed by atoms with Crippen LogP contribution in [-0.2, 0) is 22.1 Å². The first-order chi connectivity index (χ1) is 17.8. The van der Waals surface area contributed by atoms with Gasteiger partial charge in [-0.1, -0.05) is 26.8 Å². The zero-order valence-corrected chi connectivity index (χ0v) is 21.3. The molecule has 0 saturated carbocycles. The zero-order valence-electron chi connectivity index (χ0n) is 21.3. The number of H-pyrrole nitrogens is 1. The maximum Gasteiger partial charge on any atom is 0.417 e. The molecule has 0 bridgehead atoms. The molecule has 1 aromatic carbocycles. The molecular weight excluding hydrogens is 501 g/mol. The van der Waals surface area contributed by atoms with Crippen molar-refractivity contribution in [2.45, 2.75) is 39.8 Å². The average molecular weight is 531 g/mol. The minimum atomic E-state index is -4.70. The molecule has 0 unspecified atom stereocenters. The topological polar surface area (TPSA) is 120 Å². The highest BCUT2D eigenvalue weighted by Gasteiger charge is 2.38. The van der Waals surface area contributed by atoms with E-state index in [-0.39, 0.29) is 28.9 Å². The highest BCUT2D eigenvalue weighted by molar-refractivity contribution is 5.80. The van der Waals surface area contributed by atoms with Gasteiger partial charge in [0.15, 0.2) is 0 Å². The Morgan fingerprint density at radius 2 is 1.92 bits per heavy atom. The summed E-state index contributed by atoms with van der Waals surface area (Å²) >= 11 is 0. The molecule has 1 fully saturated rings. The molecule has 1 aliphatic heterocycles. The number of pyridine rings is 1. The van der Waals surface area contributed by atoms with E-state index in [9.17, 15) is 22.8 Å². The van der Waals surface area contributed by atoms with E-state index in [1.165, 1.54) is 24.4 Å². The summed E-state index contributed by atoms with van der Waals surface area (Å²) in [6.07, 6.45) is -2.24. The lowest BCUT2D eigenvalue weighted by Gasteiger charge is -2.40. The number of ether oxygens (including phenoxy) is 2. The van der Waals surface area contributed by atoms with E-state index in [0.717, 1.165) is 12.5 Å². The summed E-state index contributed by atoms with van der Waals surface area (Å²) in [5, 5.41) is 0. The molecule has 0 atom stereocenters. The number of aromatic amines is 1. The molecule has 0 aliphatic carbocycles. The van der Waals surface area contributed by atoms with E-state index in [1.807, 2.05) is 0 Å². The molecule has 1 amide bonds. The first kappa shape index (κ1) is 27.3. The van der Waals surface area contributed by atoms with Crippen LogP contribution in [0.25, 0.3) is 22.6 Å². The molecule has 4 rings (SSSR count). The first-order valence-corrected chi connectivity index (χ1v) is 12.1. The van der Waals surface area contributed by atoms with E-state index in [0.29, 0.717) is 36.8 Å². The van der Waals surface area contributed by atoms with E-state index >= 15 is 0 Å². The lowest BCUT2D eigenvalue weighted by atomic mass is 9.84. The number of nitrogens with zero attached hydrogens (tertiary/aromatic N) is 2. The molecule has 1 aliphatic rings. The van der Waals surface area contributed by atoms with Crippen molar-refractivity contribution in [2.24, 2.45) is 16.6 Å². The van der Waals surface area contributed by atoms with Gasteiger partial charge in [-0.2, -0.15) is 13.2 Å². The number of nitrogens with two attached hydrogens (primary N) is 1. The van der Waals surface area contributed by atoms with Crippen LogP contribution in [0.4, 0.5) is 13.2 Å². The van der Waals surface area contributed by atoms with Crippen molar-refractivity contribution in [1.29, 1.82) is 0 Å². The third-order valence-electron chi connectivity index (χ3n) is 6.82. The van der Waals surface area contributed by atoms with Crippen LogP contribution in [0.5, 0.6) is 5.88 Å². The van der Waals surface area contributed by atoms with Crippen molar-refractivity contribution in [3.05, 3.63) is 64.1 Å². The number of amides is 1. The monoisotopic (exact) mass is 530 g/mol. The standard InChI is InChI=1S/C27H29F3N4O4/c1-4-26(13-37-14-26)15-38-22-8-6-17(12-32-22)20-10-21(35)34-23(33-20)18-9-16(11-25(2,3)24(31)36)5-7-19(18)27(28,29)30/h5-10,12H,4,11,13-15H2,1-3H3,(H2,31,36)(H,33,34,35). The quantitative estimate of drug-likeness (QED) is 0.424. The van der Waals surface area contributed by atoms with Gasteiger partial charge in [0.1, 0.15) is 5.82 Å². The minimum Gasteiger partial charge on any atom is -0.477 e. The highest BCUT2D eigenvalue weighted by atomic mass is 19.4. The number of nitrogens with one attached hydrogen (secondary N) is 1. The first-order valence-electron chi connectivity index (χ1n) is 12.1. The molecule has 11 heteroatoms. The van der Waals surface area contributed by atoms with Crippen LogP contribution < -0.4 is 16.0 Å². The van der Waals surface area contributed by atoms with Gasteiger partial charge in [-0.3, -0.25) is 9.59 Å². The number of hydrogen-bond donors (Lipinski definition) is 2. The van der Waals surface area contributed by atoms with Crippen molar-refractivity contribution < 1.29 is 27.4 Å². The SMILES string of the molecule is CCC1(COc2ccc(-c3cc(=O)[nH]c(-c4cc(CC(C)(C)C(N)=O)ccc4C(F)(F)F)n3)cn2)COC1. The van der Waals surface area contributed by atoms with Gasteiger partial charge in [0.25, 0.3) is 5.56 Å². The van der Waals surface area contributed by atoms with Crippen LogP contribution in [-0.4, -0.2) is 40.7 Å². The Balaban J connectivity index is 1.67. The number of halogens is 3. The third-order valence-corrected chi connectivity index (χ3v) is 6.82. The van der Waals surface area contributed by atoms with Gasteiger partial charge >= 0.3 is 6.18 Å². The smallest absolute Gasteiger partial charge is 0.417 e. The Morgan fingerprint density at radius 1 is 1.18 bits per heavy atom. The van der Waals surface area contributed by atoms with Crippen LogP contribution in [0, 0.1) is 10.8 Å². The Kier molecular flexibility index (Phi) is 7.33. The fourth-order valence-electron chi connectivity index (χ4n) is 4.10. The summed E-state index contributed by atoms with van der Waals surface area (Å²) < 4.78 is 52.7. The molecule has 2 aromatic heterocycles. The van der Waals surface area contributed by atoms with Crippen LogP contribution in [0.2, 0.25) is 0 Å². The fraction of sp³-hybridized carbons (Fsp3) is 0.407. The van der Waals surface area contributed by atoms with Crippen LogP contribution in [0.3, 0.4) is 0 Å². The Hall–Kier alpha value is -3.73. The molecule has 8 nitrogen and oxygen atoms in total. The summed E-state index contributed by atoms with van der Waals surface area (Å²) in [7, 11) is 0. The van der Waals surface area contributed by atoms with E-state index in [4.69, 9.17) is 15.2 Å². The summed E-state index contributed by atoms with van der Waals surface area (Å²) in [6.45, 7) is 6.99. The zero-order chi connectivity index (χ0) is 27.7. The molecule has 202 valence electrons. The second-order valence-electron chi connectivity index (χ2n) is 10.3. The molecule has 3 heterocycles. The number of primary amides is 1. The lowest BCUT2D eigenvalue weighted by Crippen LogP contribution is -2.46. The van der Waals surface area contributed by atoms with Gasteiger partial charge in [-0.15, -0.1) is 0 Å². The van der Waals surface area contributed by atoms with Crippen LogP contribution in [0.15, 0.2) is 47.4 Å². The van der Waals surface area contributed by atoms with Crippen molar-refractivity contribution in [1.82, 2.24) is 15.0 Å². The van der Waals surface area contributed by atoms with Gasteiger partial charge in [0.2, 0.25) is 11.8 Å². The van der Waals surface area contributed by atoms with Gasteiger partial charge in [0, 0.05) is 34.9 Å². The average Bonchev–Trinajstić information content (AvgIpc) is 2.82. The van der Waals surface area contributed by atoms with Gasteiger partial charge in [-0.25, -0.2) is 9.97 Å². The third kappa shape index (κ3) is 5.88. The van der Waals surface area contributed by atoms with Gasteiger partial charge in [-0.05, 0) is 36.6 Å². The number of carbonyl (C=O) groups excluding carboxylic acids is 1. The maximum absolute atomic E-state index is 13.9. The molecule has 0 radical (unpaired) electrons. The molecular formula is C27H29F3N4O4. The lowest BCUT2D eigenvalue weighted by molar-refractivity contribution is -0.137. The molecule has 3 N–H and O–H groups in total. The largest absolute Gasteiger partial charge is 0.477 e. The van der Waals surface area contributed by atoms with Crippen LogP contribution >= 0.6 is 0 Å². The summed E-state index contributed by atoms with van der Waals surface area (Å²) in [6, 6.07) is 7.93. The summed E-state index contributed by atoms with van der Waals surface area (Å²) in [5.41, 5.74) is 3.54. The van der Waals surface area contributed by atoms with Gasteiger partial charge in [0.05, 0.1) is 36.5 Å². The maximum atomic E-state index is 13.9. The predicted octanol–water partition coefficient (Wildman–Crippen LogP) is 4.38. The number of benzene rings is 1. The summed E-state index contributed by atoms with van der Waals surface area (Å²) in [5.74, 6) is -0.463. The number of rotatable bonds is 9. The Bertz CT molecular complexity index is 1370. The number of hydrogen-bond acceptors (Lipinski definition) is 6. The van der Waals surface area contributed by atoms with E-state index in [2.05, 4.69) is 21.9 Å². The predicted molar refractivity (Wildman–Crippen MR) is 134 cm³/mol. The number of alkyl halides is 3. The second kappa shape index (κ2) is 10.2. The fourth-order valence-corrected chi connectivity index (χ4v) is 4.10. The minimum absolute atomic E-state index is 0.0269. The van der Waals surface area contributed by atoms with E-state index in [1.54, 1.807) is 26.0 Å². The Labute approximate surface area is 217 Å². The van der Waals surface area contributed by atoms with Crippen molar-refractivity contribution in [2.75, 3.05) is 19.8 Å². The normalized spacial score (nSPS) is 15.1. The van der Waals surface area contributed by atoms with Crippen LogP contribution in [0.1, 0.15) is 38.3 Å². The number of carbonyl (C=O) groups is 1. The molecule has 0 spiro atoms. The summed E-state index contributed by atoms with van der Waals surface area (Å²) in [4.78, 5) is 35.3. The Morgan fingerprint density at radius 3 is 2.47 bits per heavy atom. The molecule has 3 aromatic rings. The molecule has 1 saturated heterocycles. The highest BCUT2D eigenvalue weighted by Crippen LogP contribution is 2.38.